The summed E-state index contributed by atoms with van der Waals surface area (Å²) in [5.41, 5.74) is 0.890. The highest BCUT2D eigenvalue weighted by Gasteiger charge is 2.05. The summed E-state index contributed by atoms with van der Waals surface area (Å²) in [7, 11) is 0. The van der Waals surface area contributed by atoms with Crippen LogP contribution in [-0.4, -0.2) is 23.2 Å². The van der Waals surface area contributed by atoms with Crippen molar-refractivity contribution >= 4 is 11.6 Å². The zero-order valence-electron chi connectivity index (χ0n) is 7.50. The second kappa shape index (κ2) is 5.17. The smallest absolute Gasteiger partial charge is 0.0585 e. The Morgan fingerprint density at radius 1 is 1.69 bits per heavy atom. The fourth-order valence-corrected chi connectivity index (χ4v) is 1.21. The summed E-state index contributed by atoms with van der Waals surface area (Å²) in [6.07, 6.45) is 1.68. The van der Waals surface area contributed by atoms with Crippen LogP contribution in [0.3, 0.4) is 0 Å². The van der Waals surface area contributed by atoms with E-state index in [1.54, 1.807) is 12.3 Å². The van der Waals surface area contributed by atoms with Gasteiger partial charge in [0.15, 0.2) is 0 Å². The van der Waals surface area contributed by atoms with Gasteiger partial charge >= 0.3 is 0 Å². The van der Waals surface area contributed by atoms with Crippen LogP contribution in [0.5, 0.6) is 0 Å². The fraction of sp³-hybridized carbons (Fsp3) is 0.444. The highest BCUT2D eigenvalue weighted by atomic mass is 35.5. The average molecular weight is 201 g/mol. The molecule has 0 saturated carbocycles. The average Bonchev–Trinajstić information content (AvgIpc) is 2.14. The van der Waals surface area contributed by atoms with E-state index in [9.17, 15) is 0 Å². The van der Waals surface area contributed by atoms with Crippen molar-refractivity contribution < 1.29 is 5.11 Å². The summed E-state index contributed by atoms with van der Waals surface area (Å²) in [5, 5.41) is 12.4. The molecule has 0 saturated heterocycles. The van der Waals surface area contributed by atoms with Crippen LogP contribution in [0.1, 0.15) is 18.7 Å². The minimum absolute atomic E-state index is 0.117. The maximum Gasteiger partial charge on any atom is 0.0585 e. The maximum absolute atomic E-state index is 8.61. The minimum atomic E-state index is 0.117. The first-order chi connectivity index (χ1) is 6.24. The molecule has 1 rings (SSSR count). The fourth-order valence-electron chi connectivity index (χ4n) is 1.04. The molecule has 0 aromatic carbocycles. The number of halogens is 1. The number of rotatable bonds is 4. The van der Waals surface area contributed by atoms with Gasteiger partial charge in [0.1, 0.15) is 0 Å². The molecule has 1 unspecified atom stereocenters. The van der Waals surface area contributed by atoms with Gasteiger partial charge in [-0.3, -0.25) is 4.98 Å². The number of pyridine rings is 1. The van der Waals surface area contributed by atoms with Crippen LogP contribution in [0.25, 0.3) is 0 Å². The van der Waals surface area contributed by atoms with Gasteiger partial charge in [0.2, 0.25) is 0 Å². The Kier molecular flexibility index (Phi) is 4.15. The van der Waals surface area contributed by atoms with E-state index in [1.165, 1.54) is 0 Å². The Balaban J connectivity index is 2.60. The molecule has 1 heterocycles. The summed E-state index contributed by atoms with van der Waals surface area (Å²) < 4.78 is 0. The molecular weight excluding hydrogens is 188 g/mol. The predicted octanol–water partition coefficient (Wildman–Crippen LogP) is 1.38. The monoisotopic (exact) mass is 200 g/mol. The second-order valence-corrected chi connectivity index (χ2v) is 3.23. The minimum Gasteiger partial charge on any atom is -0.395 e. The largest absolute Gasteiger partial charge is 0.395 e. The summed E-state index contributed by atoms with van der Waals surface area (Å²) in [6, 6.07) is 3.67. The molecule has 0 radical (unpaired) electrons. The van der Waals surface area contributed by atoms with E-state index in [-0.39, 0.29) is 12.6 Å². The van der Waals surface area contributed by atoms with Crippen molar-refractivity contribution in [1.82, 2.24) is 10.3 Å². The Labute approximate surface area is 82.8 Å². The van der Waals surface area contributed by atoms with Crippen molar-refractivity contribution in [2.45, 2.75) is 13.0 Å². The van der Waals surface area contributed by atoms with Crippen molar-refractivity contribution in [2.75, 3.05) is 13.2 Å². The molecular formula is C9H13ClN2O. The molecule has 1 aromatic heterocycles. The lowest BCUT2D eigenvalue weighted by atomic mass is 10.2. The van der Waals surface area contributed by atoms with E-state index in [2.05, 4.69) is 10.3 Å². The summed E-state index contributed by atoms with van der Waals surface area (Å²) in [6.45, 7) is 2.68. The molecule has 2 N–H and O–H groups in total. The quantitative estimate of drug-likeness (QED) is 0.772. The lowest BCUT2D eigenvalue weighted by molar-refractivity contribution is 0.286. The molecule has 0 aliphatic rings. The topological polar surface area (TPSA) is 45.1 Å². The van der Waals surface area contributed by atoms with Crippen LogP contribution >= 0.6 is 11.6 Å². The summed E-state index contributed by atoms with van der Waals surface area (Å²) in [4.78, 5) is 4.16. The van der Waals surface area contributed by atoms with Crippen molar-refractivity contribution in [1.29, 1.82) is 0 Å². The van der Waals surface area contributed by atoms with Crippen LogP contribution < -0.4 is 5.32 Å². The number of aliphatic hydroxyl groups is 1. The SMILES string of the molecule is CC(NCCO)c1cc(Cl)ccn1. The van der Waals surface area contributed by atoms with Crippen LogP contribution in [-0.2, 0) is 0 Å². The highest BCUT2D eigenvalue weighted by Crippen LogP contribution is 2.13. The Bertz CT molecular complexity index is 268. The van der Waals surface area contributed by atoms with Gasteiger partial charge in [0.05, 0.1) is 12.3 Å². The van der Waals surface area contributed by atoms with E-state index < -0.39 is 0 Å². The normalized spacial score (nSPS) is 12.8. The van der Waals surface area contributed by atoms with Gasteiger partial charge in [-0.15, -0.1) is 0 Å². The number of hydrogen-bond donors (Lipinski definition) is 2. The number of nitrogens with one attached hydrogen (secondary N) is 1. The van der Waals surface area contributed by atoms with Gasteiger partial charge in [0, 0.05) is 23.8 Å². The van der Waals surface area contributed by atoms with Gasteiger partial charge < -0.3 is 10.4 Å². The number of aliphatic hydroxyl groups excluding tert-OH is 1. The van der Waals surface area contributed by atoms with E-state index in [4.69, 9.17) is 16.7 Å². The number of hydrogen-bond acceptors (Lipinski definition) is 3. The van der Waals surface area contributed by atoms with E-state index in [0.29, 0.717) is 11.6 Å². The standard InChI is InChI=1S/C9H13ClN2O/c1-7(11-4-5-13)9-6-8(10)2-3-12-9/h2-3,6-7,11,13H,4-5H2,1H3. The Morgan fingerprint density at radius 2 is 2.46 bits per heavy atom. The molecule has 0 spiro atoms. The lowest BCUT2D eigenvalue weighted by Gasteiger charge is -2.11. The van der Waals surface area contributed by atoms with Crippen molar-refractivity contribution in [3.63, 3.8) is 0 Å². The Hall–Kier alpha value is -0.640. The first-order valence-corrected chi connectivity index (χ1v) is 4.57. The molecule has 0 fully saturated rings. The number of aromatic nitrogens is 1. The third-order valence-electron chi connectivity index (χ3n) is 1.75. The first-order valence-electron chi connectivity index (χ1n) is 4.19. The molecule has 1 atom stereocenters. The lowest BCUT2D eigenvalue weighted by Crippen LogP contribution is -2.22. The maximum atomic E-state index is 8.61. The molecule has 0 amide bonds. The van der Waals surface area contributed by atoms with Gasteiger partial charge in [0.25, 0.3) is 0 Å². The van der Waals surface area contributed by atoms with Gasteiger partial charge in [-0.1, -0.05) is 11.6 Å². The molecule has 1 aromatic rings. The molecule has 3 nitrogen and oxygen atoms in total. The molecule has 4 heteroatoms. The van der Waals surface area contributed by atoms with E-state index in [1.807, 2.05) is 13.0 Å². The van der Waals surface area contributed by atoms with Crippen LogP contribution in [0.15, 0.2) is 18.3 Å². The molecule has 0 aliphatic carbocycles. The van der Waals surface area contributed by atoms with Crippen LogP contribution in [0, 0.1) is 0 Å². The van der Waals surface area contributed by atoms with Gasteiger partial charge in [-0.25, -0.2) is 0 Å². The van der Waals surface area contributed by atoms with Crippen LogP contribution in [0.2, 0.25) is 5.02 Å². The molecule has 0 bridgehead atoms. The Morgan fingerprint density at radius 3 is 3.08 bits per heavy atom. The van der Waals surface area contributed by atoms with Crippen LogP contribution in [0.4, 0.5) is 0 Å². The van der Waals surface area contributed by atoms with Crippen molar-refractivity contribution in [3.8, 4) is 0 Å². The number of nitrogens with zero attached hydrogens (tertiary/aromatic N) is 1. The van der Waals surface area contributed by atoms with E-state index in [0.717, 1.165) is 5.69 Å². The summed E-state index contributed by atoms with van der Waals surface area (Å²) >= 11 is 5.81. The van der Waals surface area contributed by atoms with E-state index >= 15 is 0 Å². The first kappa shape index (κ1) is 10.4. The second-order valence-electron chi connectivity index (χ2n) is 2.80. The molecule has 0 aliphatic heterocycles. The predicted molar refractivity (Wildman–Crippen MR) is 52.8 cm³/mol. The third kappa shape index (κ3) is 3.30. The van der Waals surface area contributed by atoms with Gasteiger partial charge in [-0.05, 0) is 19.1 Å². The third-order valence-corrected chi connectivity index (χ3v) is 1.98. The van der Waals surface area contributed by atoms with Crippen molar-refractivity contribution in [3.05, 3.63) is 29.0 Å². The molecule has 72 valence electrons. The summed E-state index contributed by atoms with van der Waals surface area (Å²) in [5.74, 6) is 0. The van der Waals surface area contributed by atoms with Gasteiger partial charge in [-0.2, -0.15) is 0 Å². The highest BCUT2D eigenvalue weighted by molar-refractivity contribution is 6.30. The zero-order valence-corrected chi connectivity index (χ0v) is 8.25. The van der Waals surface area contributed by atoms with Crippen molar-refractivity contribution in [2.24, 2.45) is 0 Å². The molecule has 13 heavy (non-hydrogen) atoms. The zero-order chi connectivity index (χ0) is 9.68.